The van der Waals surface area contributed by atoms with Gasteiger partial charge in [-0.1, -0.05) is 41.9 Å². The molecule has 0 aromatic heterocycles. The highest BCUT2D eigenvalue weighted by Crippen LogP contribution is 2.30. The monoisotopic (exact) mass is 498 g/mol. The van der Waals surface area contributed by atoms with Crippen molar-refractivity contribution >= 4 is 52.2 Å². The number of ether oxygens (including phenoxy) is 1. The lowest BCUT2D eigenvalue weighted by Gasteiger charge is -2.34. The normalized spacial score (nSPS) is 20.2. The van der Waals surface area contributed by atoms with Crippen molar-refractivity contribution in [3.63, 3.8) is 0 Å². The first kappa shape index (κ1) is 24.2. The summed E-state index contributed by atoms with van der Waals surface area (Å²) in [5.41, 5.74) is 3.00. The fourth-order valence-corrected chi connectivity index (χ4v) is 4.74. The highest BCUT2D eigenvalue weighted by molar-refractivity contribution is 7.80. The van der Waals surface area contributed by atoms with Gasteiger partial charge in [-0.25, -0.2) is 4.99 Å². The number of halogens is 1. The third kappa shape index (κ3) is 5.08. The quantitative estimate of drug-likeness (QED) is 0.512. The fourth-order valence-electron chi connectivity index (χ4n) is 4.29. The molecular formula is C25H27ClN4O3S. The minimum atomic E-state index is -0.929. The predicted octanol–water partition coefficient (Wildman–Crippen LogP) is 3.63. The summed E-state index contributed by atoms with van der Waals surface area (Å²) in [4.78, 5) is 34.0. The summed E-state index contributed by atoms with van der Waals surface area (Å²) in [5, 5.41) is 4.09. The van der Waals surface area contributed by atoms with Crippen LogP contribution in [0, 0.1) is 5.92 Å². The molecule has 1 amide bonds. The molecule has 34 heavy (non-hydrogen) atoms. The summed E-state index contributed by atoms with van der Waals surface area (Å²) >= 11 is 12.0. The smallest absolute Gasteiger partial charge is 0.310 e. The molecule has 1 N–H and O–H groups in total. The lowest BCUT2D eigenvalue weighted by Crippen LogP contribution is -2.53. The number of hydrogen-bond donors (Lipinski definition) is 1. The van der Waals surface area contributed by atoms with Crippen molar-refractivity contribution in [3.05, 3.63) is 64.7 Å². The Labute approximate surface area is 209 Å². The second-order valence-corrected chi connectivity index (χ2v) is 9.11. The number of anilines is 1. The number of esters is 1. The first-order valence-corrected chi connectivity index (χ1v) is 12.1. The van der Waals surface area contributed by atoms with E-state index in [1.165, 1.54) is 0 Å². The van der Waals surface area contributed by atoms with E-state index in [0.29, 0.717) is 41.2 Å². The van der Waals surface area contributed by atoms with Crippen LogP contribution in [0.25, 0.3) is 0 Å². The number of benzene rings is 2. The number of rotatable bonds is 4. The topological polar surface area (TPSA) is 74.2 Å². The third-order valence-electron chi connectivity index (χ3n) is 6.03. The molecule has 4 rings (SSSR count). The Balaban J connectivity index is 1.64. The van der Waals surface area contributed by atoms with E-state index < -0.39 is 6.17 Å². The zero-order valence-corrected chi connectivity index (χ0v) is 20.7. The molecule has 2 aromatic carbocycles. The van der Waals surface area contributed by atoms with E-state index in [-0.39, 0.29) is 17.8 Å². The molecule has 0 saturated carbocycles. The van der Waals surface area contributed by atoms with Crippen molar-refractivity contribution in [1.82, 2.24) is 10.2 Å². The standard InChI is InChI=1S/C25H27ClN4O3S/c1-3-33-24(32)17-10-7-13-30(15-17)25(34)28-22-23(31)29(2)20-12-11-18(26)14-19(20)21(27-22)16-8-5-4-6-9-16/h4-6,8-9,11-12,14,17,22H,3,7,10,13,15H2,1-2H3,(H,28,34). The Kier molecular flexibility index (Phi) is 7.48. The van der Waals surface area contributed by atoms with Gasteiger partial charge < -0.3 is 19.9 Å². The molecule has 2 unspecified atom stereocenters. The summed E-state index contributed by atoms with van der Waals surface area (Å²) < 4.78 is 5.19. The molecule has 1 fully saturated rings. The number of likely N-dealkylation sites (tertiary alicyclic amines) is 1. The molecule has 7 nitrogen and oxygen atoms in total. The van der Waals surface area contributed by atoms with Gasteiger partial charge in [-0.05, 0) is 50.2 Å². The van der Waals surface area contributed by atoms with Crippen LogP contribution in [0.15, 0.2) is 53.5 Å². The van der Waals surface area contributed by atoms with Crippen molar-refractivity contribution in [2.45, 2.75) is 25.9 Å². The zero-order chi connectivity index (χ0) is 24.2. The number of nitrogens with one attached hydrogen (secondary N) is 1. The minimum Gasteiger partial charge on any atom is -0.466 e. The number of piperidine rings is 1. The number of hydrogen-bond acceptors (Lipinski definition) is 5. The van der Waals surface area contributed by atoms with Gasteiger partial charge in [-0.2, -0.15) is 0 Å². The maximum Gasteiger partial charge on any atom is 0.310 e. The Morgan fingerprint density at radius 3 is 2.76 bits per heavy atom. The van der Waals surface area contributed by atoms with Crippen molar-refractivity contribution in [2.75, 3.05) is 31.6 Å². The molecule has 2 aliphatic rings. The molecular weight excluding hydrogens is 472 g/mol. The Morgan fingerprint density at radius 1 is 1.26 bits per heavy atom. The second kappa shape index (κ2) is 10.5. The number of thiocarbonyl (C=S) groups is 1. The first-order valence-electron chi connectivity index (χ1n) is 11.3. The third-order valence-corrected chi connectivity index (χ3v) is 6.64. The SMILES string of the molecule is CCOC(=O)C1CCCN(C(=S)NC2N=C(c3ccccc3)c3cc(Cl)ccc3N(C)C2=O)C1. The van der Waals surface area contributed by atoms with Crippen LogP contribution < -0.4 is 10.2 Å². The Hall–Kier alpha value is -2.97. The molecule has 0 aliphatic carbocycles. The lowest BCUT2D eigenvalue weighted by molar-refractivity contribution is -0.149. The van der Waals surface area contributed by atoms with Crippen molar-refractivity contribution in [1.29, 1.82) is 0 Å². The number of aliphatic imine (C=N–C) groups is 1. The zero-order valence-electron chi connectivity index (χ0n) is 19.2. The van der Waals surface area contributed by atoms with Gasteiger partial charge in [0.15, 0.2) is 5.11 Å². The van der Waals surface area contributed by atoms with Gasteiger partial charge in [-0.15, -0.1) is 0 Å². The average Bonchev–Trinajstić information content (AvgIpc) is 2.95. The Bertz CT molecular complexity index is 1120. The highest BCUT2D eigenvalue weighted by Gasteiger charge is 2.33. The fraction of sp³-hybridized carbons (Fsp3) is 0.360. The number of likely N-dealkylation sites (N-methyl/N-ethyl adjacent to an activating group) is 1. The van der Waals surface area contributed by atoms with E-state index in [9.17, 15) is 9.59 Å². The molecule has 178 valence electrons. The van der Waals surface area contributed by atoms with Gasteiger partial charge in [0, 0.05) is 36.3 Å². The van der Waals surface area contributed by atoms with Crippen LogP contribution in [0.1, 0.15) is 30.9 Å². The summed E-state index contributed by atoms with van der Waals surface area (Å²) in [6.45, 7) is 3.30. The predicted molar refractivity (Wildman–Crippen MR) is 137 cm³/mol. The maximum absolute atomic E-state index is 13.4. The molecule has 2 atom stereocenters. The van der Waals surface area contributed by atoms with Crippen molar-refractivity contribution < 1.29 is 14.3 Å². The molecule has 2 heterocycles. The van der Waals surface area contributed by atoms with E-state index in [1.807, 2.05) is 47.4 Å². The van der Waals surface area contributed by atoms with Crippen molar-refractivity contribution in [2.24, 2.45) is 10.9 Å². The van der Waals surface area contributed by atoms with E-state index in [2.05, 4.69) is 5.32 Å². The molecule has 0 spiro atoms. The molecule has 1 saturated heterocycles. The molecule has 9 heteroatoms. The molecule has 0 radical (unpaired) electrons. The van der Waals surface area contributed by atoms with E-state index >= 15 is 0 Å². The number of amides is 1. The lowest BCUT2D eigenvalue weighted by atomic mass is 9.98. The van der Waals surface area contributed by atoms with Crippen LogP contribution in [0.3, 0.4) is 0 Å². The number of nitrogens with zero attached hydrogens (tertiary/aromatic N) is 3. The number of benzodiazepines with no additional fused rings is 1. The van der Waals surface area contributed by atoms with Crippen LogP contribution in [0.2, 0.25) is 5.02 Å². The molecule has 2 aliphatic heterocycles. The van der Waals surface area contributed by atoms with Crippen LogP contribution in [-0.2, 0) is 14.3 Å². The van der Waals surface area contributed by atoms with Crippen molar-refractivity contribution in [3.8, 4) is 0 Å². The van der Waals surface area contributed by atoms with Crippen LogP contribution in [0.5, 0.6) is 0 Å². The van der Waals surface area contributed by atoms with Gasteiger partial charge in [-0.3, -0.25) is 9.59 Å². The molecule has 2 aromatic rings. The van der Waals surface area contributed by atoms with Crippen LogP contribution >= 0.6 is 23.8 Å². The average molecular weight is 499 g/mol. The summed E-state index contributed by atoms with van der Waals surface area (Å²) in [7, 11) is 1.72. The highest BCUT2D eigenvalue weighted by atomic mass is 35.5. The number of carbonyl (C=O) groups is 2. The van der Waals surface area contributed by atoms with Gasteiger partial charge in [0.1, 0.15) is 0 Å². The van der Waals surface area contributed by atoms with E-state index in [0.717, 1.165) is 24.0 Å². The van der Waals surface area contributed by atoms with Gasteiger partial charge in [0.2, 0.25) is 6.17 Å². The number of fused-ring (bicyclic) bond motifs is 1. The van der Waals surface area contributed by atoms with Gasteiger partial charge in [0.05, 0.1) is 23.9 Å². The van der Waals surface area contributed by atoms with E-state index in [1.54, 1.807) is 24.9 Å². The maximum atomic E-state index is 13.4. The van der Waals surface area contributed by atoms with Gasteiger partial charge in [0.25, 0.3) is 5.91 Å². The minimum absolute atomic E-state index is 0.211. The second-order valence-electron chi connectivity index (χ2n) is 8.29. The summed E-state index contributed by atoms with van der Waals surface area (Å²) in [6.07, 6.45) is 0.642. The Morgan fingerprint density at radius 2 is 2.03 bits per heavy atom. The van der Waals surface area contributed by atoms with Crippen LogP contribution in [0.4, 0.5) is 5.69 Å². The van der Waals surface area contributed by atoms with Gasteiger partial charge >= 0.3 is 5.97 Å². The van der Waals surface area contributed by atoms with Crippen LogP contribution in [-0.4, -0.2) is 60.5 Å². The first-order chi connectivity index (χ1) is 16.4. The van der Waals surface area contributed by atoms with E-state index in [4.69, 9.17) is 33.5 Å². The summed E-state index contributed by atoms with van der Waals surface area (Å²) in [5.74, 6) is -0.691. The largest absolute Gasteiger partial charge is 0.466 e. The number of carbonyl (C=O) groups excluding carboxylic acids is 2. The summed E-state index contributed by atoms with van der Waals surface area (Å²) in [6, 6.07) is 15.1. The molecule has 0 bridgehead atoms.